The Kier molecular flexibility index (Phi) is 26.8. The summed E-state index contributed by atoms with van der Waals surface area (Å²) in [6.45, 7) is 9.67. The van der Waals surface area contributed by atoms with Gasteiger partial charge in [-0.25, -0.2) is 4.79 Å². The first-order chi connectivity index (χ1) is 34.6. The van der Waals surface area contributed by atoms with E-state index in [1.165, 1.54) is 0 Å². The number of ketones is 2. The van der Waals surface area contributed by atoms with Gasteiger partial charge in [0, 0.05) is 62.1 Å². The molecule has 0 saturated carbocycles. The quantitative estimate of drug-likeness (QED) is 0.0163. The van der Waals surface area contributed by atoms with Crippen LogP contribution in [0.15, 0.2) is 122 Å². The number of benzene rings is 4. The number of nitrogens with zero attached hydrogens (tertiary/aromatic N) is 4. The van der Waals surface area contributed by atoms with Crippen molar-refractivity contribution in [3.05, 3.63) is 144 Å². The van der Waals surface area contributed by atoms with Crippen molar-refractivity contribution in [3.63, 3.8) is 0 Å². The van der Waals surface area contributed by atoms with Crippen LogP contribution < -0.4 is 9.80 Å². The van der Waals surface area contributed by atoms with Gasteiger partial charge in [0.2, 0.25) is 0 Å². The smallest absolute Gasteiger partial charge is 0.330 e. The maximum Gasteiger partial charge on any atom is 0.330 e. The van der Waals surface area contributed by atoms with Crippen LogP contribution in [0.2, 0.25) is 0 Å². The normalized spacial score (nSPS) is 12.7. The van der Waals surface area contributed by atoms with Crippen LogP contribution in [-0.2, 0) is 41.4 Å². The summed E-state index contributed by atoms with van der Waals surface area (Å²) in [5.74, 6) is -0.643. The molecule has 72 heavy (non-hydrogen) atoms. The molecule has 0 radical (unpaired) electrons. The lowest BCUT2D eigenvalue weighted by molar-refractivity contribution is -0.144. The molecule has 0 fully saturated rings. The summed E-state index contributed by atoms with van der Waals surface area (Å²) in [5, 5.41) is 8.78. The molecule has 0 spiro atoms. The van der Waals surface area contributed by atoms with E-state index in [9.17, 15) is 24.0 Å². The highest BCUT2D eigenvalue weighted by molar-refractivity contribution is 6.04. The molecular weight excluding hydrogens is 909 g/mol. The highest BCUT2D eigenvalue weighted by Gasteiger charge is 2.40. The van der Waals surface area contributed by atoms with E-state index in [0.717, 1.165) is 47.8 Å². The largest absolute Gasteiger partial charge is 0.464 e. The molecule has 0 bridgehead atoms. The van der Waals surface area contributed by atoms with Crippen molar-refractivity contribution in [1.29, 1.82) is 0 Å². The zero-order valence-electron chi connectivity index (χ0n) is 44.4. The molecule has 4 aromatic carbocycles. The molecule has 0 amide bonds. The van der Waals surface area contributed by atoms with Gasteiger partial charge in [-0.3, -0.25) is 29.0 Å². The molecule has 4 rings (SSSR count). The van der Waals surface area contributed by atoms with Gasteiger partial charge >= 0.3 is 17.9 Å². The van der Waals surface area contributed by atoms with Gasteiger partial charge in [0.15, 0.2) is 11.6 Å². The summed E-state index contributed by atoms with van der Waals surface area (Å²) in [6.07, 6.45) is 9.02. The average molecular weight is 991 g/mol. The lowest BCUT2D eigenvalue weighted by Gasteiger charge is -2.38. The Labute approximate surface area is 430 Å². The molecule has 13 heteroatoms. The second-order valence-corrected chi connectivity index (χ2v) is 18.6. The third-order valence-electron chi connectivity index (χ3n) is 13.4. The monoisotopic (exact) mass is 991 g/mol. The van der Waals surface area contributed by atoms with E-state index in [2.05, 4.69) is 44.7 Å². The van der Waals surface area contributed by atoms with E-state index in [0.29, 0.717) is 95.2 Å². The highest BCUT2D eigenvalue weighted by atomic mass is 16.5. The van der Waals surface area contributed by atoms with Crippen LogP contribution in [0.1, 0.15) is 110 Å². The standard InChI is InChI=1S/C31H42N2O5.C28H40N2O4/c1-6-28(34)37-22-13-9-12-16-29(35)38-23-21-33(5)27-19-17-26(18-20-27)30(36)31(7-2,32(3)4)24-25-14-10-8-11-15-25;1-5-28(29(2)3,22-23-12-8-6-9-13-23)27(33)24-15-17-25(18-16-24)30(4)19-21-34-26(32)14-10-7-11-20-31/h6,8,10-11,14-15,17-20H,1,7,9,12-13,16,21-24H2,2-5H3;6,8-9,12-13,15-18,31H,5,7,10-11,14,19-22H2,1-4H3. The lowest BCUT2D eigenvalue weighted by atomic mass is 9.80. The summed E-state index contributed by atoms with van der Waals surface area (Å²) >= 11 is 0. The number of carbonyl (C=O) groups is 5. The molecule has 0 aliphatic rings. The van der Waals surface area contributed by atoms with Crippen LogP contribution in [0.3, 0.4) is 0 Å². The number of ether oxygens (including phenoxy) is 3. The average Bonchev–Trinajstić information content (AvgIpc) is 3.39. The summed E-state index contributed by atoms with van der Waals surface area (Å²) in [5.41, 5.74) is 4.32. The van der Waals surface area contributed by atoms with Crippen LogP contribution in [0.5, 0.6) is 0 Å². The van der Waals surface area contributed by atoms with Gasteiger partial charge in [-0.2, -0.15) is 0 Å². The van der Waals surface area contributed by atoms with E-state index in [1.54, 1.807) is 0 Å². The van der Waals surface area contributed by atoms with Crippen LogP contribution in [0, 0.1) is 0 Å². The molecule has 0 heterocycles. The summed E-state index contributed by atoms with van der Waals surface area (Å²) in [7, 11) is 11.8. The fourth-order valence-electron chi connectivity index (χ4n) is 8.56. The number of rotatable bonds is 32. The van der Waals surface area contributed by atoms with Crippen molar-refractivity contribution in [3.8, 4) is 0 Å². The van der Waals surface area contributed by atoms with Crippen LogP contribution >= 0.6 is 0 Å². The number of hydrogen-bond donors (Lipinski definition) is 1. The molecule has 4 aromatic rings. The van der Waals surface area contributed by atoms with Crippen molar-refractivity contribution in [2.75, 3.05) is 91.6 Å². The molecule has 392 valence electrons. The lowest BCUT2D eigenvalue weighted by Crippen LogP contribution is -2.52. The van der Waals surface area contributed by atoms with Crippen molar-refractivity contribution in [1.82, 2.24) is 9.80 Å². The molecular formula is C59H82N4O9. The first-order valence-corrected chi connectivity index (χ1v) is 25.4. The number of anilines is 2. The number of esters is 3. The molecule has 2 atom stereocenters. The minimum Gasteiger partial charge on any atom is -0.464 e. The Bertz CT molecular complexity index is 2240. The Morgan fingerprint density at radius 1 is 0.514 bits per heavy atom. The SMILES string of the molecule is C=CC(=O)OCCCCCC(=O)OCCN(C)c1ccc(C(=O)C(CC)(Cc2ccccc2)N(C)C)cc1.CCC(Cc1ccccc1)(C(=O)c1ccc(N(C)CCOC(=O)CCCCCO)cc1)N(C)C. The summed E-state index contributed by atoms with van der Waals surface area (Å²) < 4.78 is 15.6. The zero-order valence-corrected chi connectivity index (χ0v) is 44.4. The predicted molar refractivity (Wildman–Crippen MR) is 289 cm³/mol. The zero-order chi connectivity index (χ0) is 52.9. The number of hydrogen-bond acceptors (Lipinski definition) is 13. The van der Waals surface area contributed by atoms with Crippen molar-refractivity contribution >= 4 is 40.8 Å². The Balaban J connectivity index is 0.000000383. The predicted octanol–water partition coefficient (Wildman–Crippen LogP) is 9.45. The number of unbranched alkanes of at least 4 members (excludes halogenated alkanes) is 4. The van der Waals surface area contributed by atoms with Gasteiger partial charge in [-0.1, -0.05) is 87.5 Å². The van der Waals surface area contributed by atoms with Gasteiger partial charge in [0.05, 0.1) is 30.8 Å². The first kappa shape index (κ1) is 60.2. The van der Waals surface area contributed by atoms with E-state index in [1.807, 2.05) is 147 Å². The number of likely N-dealkylation sites (N-methyl/N-ethyl adjacent to an activating group) is 4. The van der Waals surface area contributed by atoms with Crippen LogP contribution in [0.4, 0.5) is 11.4 Å². The molecule has 13 nitrogen and oxygen atoms in total. The van der Waals surface area contributed by atoms with Crippen molar-refractivity contribution in [2.24, 2.45) is 0 Å². The molecule has 0 saturated heterocycles. The van der Waals surface area contributed by atoms with E-state index in [-0.39, 0.29) is 36.7 Å². The highest BCUT2D eigenvalue weighted by Crippen LogP contribution is 2.30. The fraction of sp³-hybridized carbons (Fsp3) is 0.475. The molecule has 2 unspecified atom stereocenters. The minimum atomic E-state index is -0.626. The van der Waals surface area contributed by atoms with Crippen molar-refractivity contribution < 1.29 is 43.3 Å². The Morgan fingerprint density at radius 2 is 0.903 bits per heavy atom. The second-order valence-electron chi connectivity index (χ2n) is 18.6. The maximum absolute atomic E-state index is 13.7. The van der Waals surface area contributed by atoms with E-state index < -0.39 is 17.0 Å². The topological polar surface area (TPSA) is 146 Å². The first-order valence-electron chi connectivity index (χ1n) is 25.4. The van der Waals surface area contributed by atoms with Gasteiger partial charge in [0.1, 0.15) is 13.2 Å². The van der Waals surface area contributed by atoms with Crippen LogP contribution in [0.25, 0.3) is 0 Å². The number of Topliss-reactive ketones (excluding diaryl/α,β-unsaturated/α-hetero) is 2. The number of aliphatic hydroxyl groups excluding tert-OH is 1. The van der Waals surface area contributed by atoms with Crippen molar-refractivity contribution in [2.45, 2.75) is 102 Å². The molecule has 0 aliphatic carbocycles. The summed E-state index contributed by atoms with van der Waals surface area (Å²) in [6, 6.07) is 35.6. The third-order valence-corrected chi connectivity index (χ3v) is 13.4. The Hall–Kier alpha value is -6.15. The van der Waals surface area contributed by atoms with E-state index >= 15 is 0 Å². The number of carbonyl (C=O) groups excluding carboxylic acids is 5. The Morgan fingerprint density at radius 3 is 1.25 bits per heavy atom. The minimum absolute atomic E-state index is 0.107. The van der Waals surface area contributed by atoms with Gasteiger partial charge in [-0.15, -0.1) is 0 Å². The molecule has 0 aliphatic heterocycles. The maximum atomic E-state index is 13.7. The molecule has 1 N–H and O–H groups in total. The third kappa shape index (κ3) is 19.1. The van der Waals surface area contributed by atoms with Crippen LogP contribution in [-0.4, -0.2) is 137 Å². The van der Waals surface area contributed by atoms with Gasteiger partial charge in [-0.05, 0) is 146 Å². The second kappa shape index (κ2) is 32.0. The van der Waals surface area contributed by atoms with Gasteiger partial charge in [0.25, 0.3) is 0 Å². The summed E-state index contributed by atoms with van der Waals surface area (Å²) in [4.78, 5) is 70.3. The van der Waals surface area contributed by atoms with E-state index in [4.69, 9.17) is 19.3 Å². The fourth-order valence-corrected chi connectivity index (χ4v) is 8.56. The number of aliphatic hydroxyl groups is 1. The molecule has 0 aromatic heterocycles. The van der Waals surface area contributed by atoms with Gasteiger partial charge < -0.3 is 29.1 Å².